The van der Waals surface area contributed by atoms with Crippen LogP contribution in [-0.2, 0) is 14.8 Å². The van der Waals surface area contributed by atoms with Crippen LogP contribution in [0.25, 0.3) is 0 Å². The number of nitrogens with two attached hydrogens (primary N) is 1. The Hall–Kier alpha value is -1.25. The smallest absolute Gasteiger partial charge is 0.246 e. The number of piperidine rings is 1. The van der Waals surface area contributed by atoms with Crippen LogP contribution in [0.5, 0.6) is 0 Å². The van der Waals surface area contributed by atoms with Gasteiger partial charge in [0.05, 0.1) is 6.10 Å². The number of nitrogens with zero attached hydrogens (tertiary/aromatic N) is 1. The average molecular weight is 306 g/mol. The molecule has 2 N–H and O–H groups in total. The van der Waals surface area contributed by atoms with Gasteiger partial charge in [0, 0.05) is 20.2 Å². The minimum absolute atomic E-state index is 0.148. The molecule has 1 fully saturated rings. The molecule has 1 unspecified atom stereocenters. The summed E-state index contributed by atoms with van der Waals surface area (Å²) in [6.07, 6.45) is 1.14. The van der Waals surface area contributed by atoms with Gasteiger partial charge in [0.25, 0.3) is 0 Å². The van der Waals surface area contributed by atoms with Crippen molar-refractivity contribution >= 4 is 15.7 Å². The Balaban J connectivity index is 2.38. The number of nitrogen functional groups attached to an aromatic ring is 1. The van der Waals surface area contributed by atoms with Crippen LogP contribution in [0.15, 0.2) is 17.0 Å². The van der Waals surface area contributed by atoms with E-state index in [1.54, 1.807) is 0 Å². The highest BCUT2D eigenvalue weighted by molar-refractivity contribution is 7.89. The summed E-state index contributed by atoms with van der Waals surface area (Å²) in [6, 6.07) is 1.75. The summed E-state index contributed by atoms with van der Waals surface area (Å²) in [6.45, 7) is 0.425. The molecular formula is C12H16F2N2O3S. The highest BCUT2D eigenvalue weighted by Crippen LogP contribution is 2.27. The van der Waals surface area contributed by atoms with E-state index in [1.807, 2.05) is 0 Å². The van der Waals surface area contributed by atoms with E-state index in [-0.39, 0.29) is 19.2 Å². The van der Waals surface area contributed by atoms with Crippen molar-refractivity contribution in [2.75, 3.05) is 25.9 Å². The van der Waals surface area contributed by atoms with Crippen molar-refractivity contribution in [3.63, 3.8) is 0 Å². The third kappa shape index (κ3) is 2.63. The number of hydrogen-bond donors (Lipinski definition) is 1. The first-order chi connectivity index (χ1) is 9.37. The molecule has 1 aliphatic heterocycles. The summed E-state index contributed by atoms with van der Waals surface area (Å²) in [5, 5.41) is 0. The molecule has 1 aromatic rings. The van der Waals surface area contributed by atoms with Crippen LogP contribution in [0.4, 0.5) is 14.5 Å². The van der Waals surface area contributed by atoms with Crippen LogP contribution in [0, 0.1) is 11.6 Å². The lowest BCUT2D eigenvalue weighted by molar-refractivity contribution is 0.0571. The van der Waals surface area contributed by atoms with Crippen molar-refractivity contribution in [3.05, 3.63) is 23.8 Å². The SMILES string of the molecule is COC1CCCN(S(=O)(=O)c2ccc(F)c(N)c2F)C1. The van der Waals surface area contributed by atoms with Crippen LogP contribution in [0.2, 0.25) is 0 Å². The fourth-order valence-electron chi connectivity index (χ4n) is 2.20. The number of ether oxygens (including phenoxy) is 1. The summed E-state index contributed by atoms with van der Waals surface area (Å²) >= 11 is 0. The summed E-state index contributed by atoms with van der Waals surface area (Å²) in [5.74, 6) is -2.22. The van der Waals surface area contributed by atoms with Gasteiger partial charge >= 0.3 is 0 Å². The molecule has 1 atom stereocenters. The molecule has 8 heteroatoms. The molecule has 0 aromatic heterocycles. The maximum absolute atomic E-state index is 13.9. The molecule has 1 aliphatic rings. The molecule has 0 spiro atoms. The number of methoxy groups -OCH3 is 1. The first kappa shape index (κ1) is 15.1. The van der Waals surface area contributed by atoms with E-state index in [2.05, 4.69) is 0 Å². The van der Waals surface area contributed by atoms with Gasteiger partial charge in [0.2, 0.25) is 10.0 Å². The van der Waals surface area contributed by atoms with Crippen molar-refractivity contribution in [2.24, 2.45) is 0 Å². The average Bonchev–Trinajstić information content (AvgIpc) is 2.44. The second-order valence-corrected chi connectivity index (χ2v) is 6.54. The van der Waals surface area contributed by atoms with E-state index in [9.17, 15) is 17.2 Å². The van der Waals surface area contributed by atoms with Gasteiger partial charge in [0.15, 0.2) is 5.82 Å². The minimum Gasteiger partial charge on any atom is -0.394 e. The Labute approximate surface area is 116 Å². The molecule has 0 bridgehead atoms. The van der Waals surface area contributed by atoms with Gasteiger partial charge in [-0.15, -0.1) is 0 Å². The molecule has 5 nitrogen and oxygen atoms in total. The molecule has 0 amide bonds. The van der Waals surface area contributed by atoms with Gasteiger partial charge in [-0.2, -0.15) is 4.31 Å². The maximum Gasteiger partial charge on any atom is 0.246 e. The van der Waals surface area contributed by atoms with Crippen molar-refractivity contribution < 1.29 is 21.9 Å². The van der Waals surface area contributed by atoms with Gasteiger partial charge in [0.1, 0.15) is 16.4 Å². The number of sulfonamides is 1. The monoisotopic (exact) mass is 306 g/mol. The molecule has 112 valence electrons. The second-order valence-electron chi connectivity index (χ2n) is 4.64. The van der Waals surface area contributed by atoms with Crippen LogP contribution < -0.4 is 5.73 Å². The summed E-state index contributed by atoms with van der Waals surface area (Å²) in [5.41, 5.74) is 4.42. The topological polar surface area (TPSA) is 72.6 Å². The Morgan fingerprint density at radius 3 is 2.75 bits per heavy atom. The molecule has 0 radical (unpaired) electrons. The molecule has 1 saturated heterocycles. The predicted octanol–water partition coefficient (Wildman–Crippen LogP) is 1.35. The minimum atomic E-state index is -4.04. The van der Waals surface area contributed by atoms with E-state index in [1.165, 1.54) is 7.11 Å². The van der Waals surface area contributed by atoms with E-state index < -0.39 is 32.2 Å². The first-order valence-corrected chi connectivity index (χ1v) is 7.58. The molecule has 1 heterocycles. The number of hydrogen-bond acceptors (Lipinski definition) is 4. The van der Waals surface area contributed by atoms with Crippen LogP contribution in [0.1, 0.15) is 12.8 Å². The van der Waals surface area contributed by atoms with E-state index in [0.29, 0.717) is 6.42 Å². The normalized spacial score (nSPS) is 21.1. The van der Waals surface area contributed by atoms with Gasteiger partial charge in [-0.25, -0.2) is 17.2 Å². The third-order valence-electron chi connectivity index (χ3n) is 3.38. The van der Waals surface area contributed by atoms with Crippen molar-refractivity contribution in [3.8, 4) is 0 Å². The number of rotatable bonds is 3. The molecule has 0 saturated carbocycles. The lowest BCUT2D eigenvalue weighted by atomic mass is 10.1. The summed E-state index contributed by atoms with van der Waals surface area (Å²) < 4.78 is 58.1. The highest BCUT2D eigenvalue weighted by atomic mass is 32.2. The molecule has 2 rings (SSSR count). The molecular weight excluding hydrogens is 290 g/mol. The summed E-state index contributed by atoms with van der Waals surface area (Å²) in [4.78, 5) is -0.604. The number of halogens is 2. The third-order valence-corrected chi connectivity index (χ3v) is 5.27. The number of benzene rings is 1. The van der Waals surface area contributed by atoms with Crippen LogP contribution in [0.3, 0.4) is 0 Å². The van der Waals surface area contributed by atoms with Crippen molar-refractivity contribution in [1.82, 2.24) is 4.31 Å². The quantitative estimate of drug-likeness (QED) is 0.856. The van der Waals surface area contributed by atoms with Gasteiger partial charge < -0.3 is 10.5 Å². The zero-order valence-electron chi connectivity index (χ0n) is 11.0. The van der Waals surface area contributed by atoms with Crippen LogP contribution in [-0.4, -0.2) is 39.0 Å². The second kappa shape index (κ2) is 5.63. The van der Waals surface area contributed by atoms with Crippen LogP contribution >= 0.6 is 0 Å². The van der Waals surface area contributed by atoms with Gasteiger partial charge in [-0.05, 0) is 25.0 Å². The fourth-order valence-corrected chi connectivity index (χ4v) is 3.79. The Morgan fingerprint density at radius 2 is 2.10 bits per heavy atom. The number of anilines is 1. The lowest BCUT2D eigenvalue weighted by Gasteiger charge is -2.31. The van der Waals surface area contributed by atoms with E-state index in [0.717, 1.165) is 22.9 Å². The Kier molecular flexibility index (Phi) is 4.26. The fraction of sp³-hybridized carbons (Fsp3) is 0.500. The van der Waals surface area contributed by atoms with E-state index in [4.69, 9.17) is 10.5 Å². The summed E-state index contributed by atoms with van der Waals surface area (Å²) in [7, 11) is -2.55. The maximum atomic E-state index is 13.9. The largest absolute Gasteiger partial charge is 0.394 e. The molecule has 0 aliphatic carbocycles. The zero-order valence-corrected chi connectivity index (χ0v) is 11.8. The lowest BCUT2D eigenvalue weighted by Crippen LogP contribution is -2.43. The molecule has 20 heavy (non-hydrogen) atoms. The van der Waals surface area contributed by atoms with Gasteiger partial charge in [-0.1, -0.05) is 0 Å². The van der Waals surface area contributed by atoms with E-state index >= 15 is 0 Å². The highest BCUT2D eigenvalue weighted by Gasteiger charge is 2.33. The van der Waals surface area contributed by atoms with Gasteiger partial charge in [-0.3, -0.25) is 0 Å². The van der Waals surface area contributed by atoms with Crippen molar-refractivity contribution in [2.45, 2.75) is 23.8 Å². The molecule has 1 aromatic carbocycles. The van der Waals surface area contributed by atoms with Crippen molar-refractivity contribution in [1.29, 1.82) is 0 Å². The Morgan fingerprint density at radius 1 is 1.40 bits per heavy atom. The Bertz CT molecular complexity index is 607. The predicted molar refractivity (Wildman–Crippen MR) is 69.6 cm³/mol. The first-order valence-electron chi connectivity index (χ1n) is 6.14. The standard InChI is InChI=1S/C12H16F2N2O3S/c1-19-8-3-2-6-16(7-8)20(17,18)10-5-4-9(13)12(15)11(10)14/h4-5,8H,2-3,6-7,15H2,1H3. The zero-order chi connectivity index (χ0) is 14.9.